The highest BCUT2D eigenvalue weighted by molar-refractivity contribution is 5.89. The molecule has 2 heterocycles. The molecule has 0 fully saturated rings. The lowest BCUT2D eigenvalue weighted by Crippen LogP contribution is -2.01. The van der Waals surface area contributed by atoms with Crippen LogP contribution in [0, 0.1) is 32.8 Å². The number of pyridine rings is 2. The molecule has 0 amide bonds. The maximum Gasteiger partial charge on any atom is 0.320 e. The van der Waals surface area contributed by atoms with Crippen molar-refractivity contribution in [3.05, 3.63) is 82.7 Å². The van der Waals surface area contributed by atoms with E-state index in [0.717, 1.165) is 21.8 Å². The van der Waals surface area contributed by atoms with Gasteiger partial charge in [-0.3, -0.25) is 24.9 Å². The number of hydrogen-bond acceptors (Lipinski definition) is 9. The van der Waals surface area contributed by atoms with Crippen molar-refractivity contribution in [2.45, 2.75) is 13.3 Å². The zero-order chi connectivity index (χ0) is 24.9. The van der Waals surface area contributed by atoms with Crippen LogP contribution in [0.3, 0.4) is 0 Å². The van der Waals surface area contributed by atoms with E-state index in [1.165, 1.54) is 12.1 Å². The fourth-order valence-electron chi connectivity index (χ4n) is 2.75. The van der Waals surface area contributed by atoms with Gasteiger partial charge >= 0.3 is 5.97 Å². The van der Waals surface area contributed by atoms with Gasteiger partial charge in [-0.2, -0.15) is 10.5 Å². The summed E-state index contributed by atoms with van der Waals surface area (Å²) in [6, 6.07) is 19.1. The average Bonchev–Trinajstić information content (AvgIpc) is 2.85. The molecule has 0 radical (unpaired) electrons. The van der Waals surface area contributed by atoms with Gasteiger partial charge in [0.25, 0.3) is 5.69 Å². The molecular weight excluding hydrogens is 436 g/mol. The Morgan fingerprint density at radius 2 is 1.76 bits per heavy atom. The first-order chi connectivity index (χ1) is 16.4. The van der Waals surface area contributed by atoms with E-state index in [9.17, 15) is 14.9 Å². The number of aromatic nitrogens is 2. The van der Waals surface area contributed by atoms with Crippen molar-refractivity contribution < 1.29 is 14.5 Å². The molecule has 34 heavy (non-hydrogen) atoms. The predicted molar refractivity (Wildman–Crippen MR) is 126 cm³/mol. The fraction of sp³-hybridized carbons (Fsp3) is 0.125. The molecule has 0 aliphatic carbocycles. The van der Waals surface area contributed by atoms with Crippen LogP contribution in [0.1, 0.15) is 18.9 Å². The molecule has 0 atom stereocenters. The van der Waals surface area contributed by atoms with Crippen LogP contribution in [0.5, 0.6) is 0 Å². The van der Waals surface area contributed by atoms with E-state index in [1.54, 1.807) is 55.7 Å². The summed E-state index contributed by atoms with van der Waals surface area (Å²) in [5.74, 6) is -0.449. The molecule has 0 saturated carbocycles. The van der Waals surface area contributed by atoms with Crippen molar-refractivity contribution >= 4 is 39.1 Å². The number of non-ortho nitro benzene ring substituents is 1. The molecule has 170 valence electrons. The number of ether oxygens (including phenoxy) is 1. The SMILES string of the molecule is CCOC(=O)CC#N.N#Cc1c(N)ccc2ncccc12.O=[N+]([O-])c1ccc2ncccc2c1. The Bertz CT molecular complexity index is 1390. The second kappa shape index (κ2) is 12.7. The zero-order valence-corrected chi connectivity index (χ0v) is 18.2. The van der Waals surface area contributed by atoms with Crippen molar-refractivity contribution in [2.75, 3.05) is 12.3 Å². The largest absolute Gasteiger partial charge is 0.465 e. The molecule has 4 aromatic rings. The summed E-state index contributed by atoms with van der Waals surface area (Å²) in [7, 11) is 0. The van der Waals surface area contributed by atoms with Crippen LogP contribution in [-0.4, -0.2) is 27.5 Å². The molecule has 4 rings (SSSR count). The summed E-state index contributed by atoms with van der Waals surface area (Å²) in [5, 5.41) is 28.8. The van der Waals surface area contributed by atoms with Gasteiger partial charge in [0.2, 0.25) is 0 Å². The highest BCUT2D eigenvalue weighted by Gasteiger charge is 2.05. The van der Waals surface area contributed by atoms with Gasteiger partial charge in [-0.15, -0.1) is 0 Å². The number of hydrogen-bond donors (Lipinski definition) is 1. The summed E-state index contributed by atoms with van der Waals surface area (Å²) >= 11 is 0. The van der Waals surface area contributed by atoms with Crippen LogP contribution in [-0.2, 0) is 9.53 Å². The monoisotopic (exact) mass is 456 g/mol. The molecule has 2 aromatic carbocycles. The van der Waals surface area contributed by atoms with Crippen LogP contribution >= 0.6 is 0 Å². The third-order valence-corrected chi connectivity index (χ3v) is 4.26. The smallest absolute Gasteiger partial charge is 0.320 e. The van der Waals surface area contributed by atoms with Crippen molar-refractivity contribution in [3.8, 4) is 12.1 Å². The van der Waals surface area contributed by atoms with Crippen molar-refractivity contribution in [1.29, 1.82) is 10.5 Å². The lowest BCUT2D eigenvalue weighted by Gasteiger charge is -2.01. The first kappa shape index (κ1) is 25.2. The molecule has 10 nitrogen and oxygen atoms in total. The number of nitrogens with two attached hydrogens (primary N) is 1. The highest BCUT2D eigenvalue weighted by Crippen LogP contribution is 2.21. The minimum absolute atomic E-state index is 0.0977. The van der Waals surface area contributed by atoms with Gasteiger partial charge in [0.15, 0.2) is 0 Å². The summed E-state index contributed by atoms with van der Waals surface area (Å²) in [6.07, 6.45) is 3.21. The summed E-state index contributed by atoms with van der Waals surface area (Å²) < 4.78 is 4.42. The zero-order valence-electron chi connectivity index (χ0n) is 18.2. The van der Waals surface area contributed by atoms with Crippen molar-refractivity contribution in [2.24, 2.45) is 0 Å². The first-order valence-electron chi connectivity index (χ1n) is 9.96. The molecule has 0 spiro atoms. The maximum absolute atomic E-state index is 10.4. The summed E-state index contributed by atoms with van der Waals surface area (Å²) in [5.41, 5.74) is 8.32. The molecular formula is C24H20N6O4. The predicted octanol–water partition coefficient (Wildman–Crippen LogP) is 4.29. The van der Waals surface area contributed by atoms with E-state index in [4.69, 9.17) is 16.3 Å². The Balaban J connectivity index is 0.000000187. The van der Waals surface area contributed by atoms with Gasteiger partial charge in [0, 0.05) is 35.3 Å². The topological polar surface area (TPSA) is 169 Å². The van der Waals surface area contributed by atoms with Crippen molar-refractivity contribution in [1.82, 2.24) is 9.97 Å². The molecule has 2 N–H and O–H groups in total. The van der Waals surface area contributed by atoms with Gasteiger partial charge in [0.1, 0.15) is 12.5 Å². The number of nitro groups is 1. The minimum Gasteiger partial charge on any atom is -0.465 e. The quantitative estimate of drug-likeness (QED) is 0.204. The van der Waals surface area contributed by atoms with Crippen molar-refractivity contribution in [3.63, 3.8) is 0 Å². The number of benzene rings is 2. The second-order valence-corrected chi connectivity index (χ2v) is 6.49. The standard InChI is InChI=1S/C10H7N3.C9H6N2O2.C5H7NO2/c11-6-8-7-2-1-5-13-10(7)4-3-9(8)12;12-11(13)8-3-4-9-7(6-8)2-1-5-10-9;1-2-8-5(7)3-4-6/h1-5H,12H2;1-6H;2-3H2,1H3. The van der Waals surface area contributed by atoms with E-state index in [1.807, 2.05) is 12.1 Å². The van der Waals surface area contributed by atoms with E-state index in [-0.39, 0.29) is 12.1 Å². The summed E-state index contributed by atoms with van der Waals surface area (Å²) in [4.78, 5) is 28.4. The molecule has 0 saturated heterocycles. The van der Waals surface area contributed by atoms with Gasteiger partial charge in [-0.05, 0) is 43.3 Å². The van der Waals surface area contributed by atoms with Gasteiger partial charge < -0.3 is 10.5 Å². The van der Waals surface area contributed by atoms with Crippen LogP contribution in [0.25, 0.3) is 21.8 Å². The Morgan fingerprint density at radius 3 is 2.41 bits per heavy atom. The maximum atomic E-state index is 10.4. The fourth-order valence-corrected chi connectivity index (χ4v) is 2.75. The molecule has 0 aliphatic rings. The lowest BCUT2D eigenvalue weighted by atomic mass is 10.1. The van der Waals surface area contributed by atoms with Crippen LogP contribution in [0.2, 0.25) is 0 Å². The number of carbonyl (C=O) groups excluding carboxylic acids is 1. The summed E-state index contributed by atoms with van der Waals surface area (Å²) in [6.45, 7) is 2.05. The van der Waals surface area contributed by atoms with E-state index < -0.39 is 10.9 Å². The average molecular weight is 456 g/mol. The Morgan fingerprint density at radius 1 is 1.09 bits per heavy atom. The number of nitriles is 2. The molecule has 10 heteroatoms. The van der Waals surface area contributed by atoms with E-state index in [0.29, 0.717) is 17.9 Å². The van der Waals surface area contributed by atoms with Crippen LogP contribution in [0.4, 0.5) is 11.4 Å². The number of rotatable bonds is 3. The number of fused-ring (bicyclic) bond motifs is 2. The number of carbonyl (C=O) groups is 1. The van der Waals surface area contributed by atoms with E-state index >= 15 is 0 Å². The van der Waals surface area contributed by atoms with Crippen LogP contribution in [0.15, 0.2) is 67.0 Å². The third-order valence-electron chi connectivity index (χ3n) is 4.26. The Kier molecular flexibility index (Phi) is 9.39. The number of nitro benzene ring substituents is 1. The molecule has 0 aliphatic heterocycles. The molecule has 0 unspecified atom stereocenters. The van der Waals surface area contributed by atoms with Crippen LogP contribution < -0.4 is 5.73 Å². The Labute approximate surface area is 195 Å². The number of nitrogen functional groups attached to an aromatic ring is 1. The molecule has 2 aromatic heterocycles. The molecule has 0 bridgehead atoms. The van der Waals surface area contributed by atoms with E-state index in [2.05, 4.69) is 20.8 Å². The number of nitrogens with zero attached hydrogens (tertiary/aromatic N) is 5. The van der Waals surface area contributed by atoms with Gasteiger partial charge in [-0.25, -0.2) is 0 Å². The second-order valence-electron chi connectivity index (χ2n) is 6.49. The first-order valence-corrected chi connectivity index (χ1v) is 9.96. The third kappa shape index (κ3) is 6.97. The minimum atomic E-state index is -0.449. The number of esters is 1. The van der Waals surface area contributed by atoms with Gasteiger partial charge in [-0.1, -0.05) is 6.07 Å². The normalized spacial score (nSPS) is 9.38. The number of anilines is 1. The lowest BCUT2D eigenvalue weighted by molar-refractivity contribution is -0.384. The Hall–Kier alpha value is -5.09. The van der Waals surface area contributed by atoms with Gasteiger partial charge in [0.05, 0.1) is 39.9 Å². The highest BCUT2D eigenvalue weighted by atomic mass is 16.6.